The van der Waals surface area contributed by atoms with Crippen molar-refractivity contribution >= 4 is 21.8 Å². The Labute approximate surface area is 216 Å². The number of aromatic nitrogens is 3. The van der Waals surface area contributed by atoms with E-state index in [1.807, 2.05) is 13.8 Å². The van der Waals surface area contributed by atoms with E-state index in [9.17, 15) is 14.4 Å². The first kappa shape index (κ1) is 26.7. The molecule has 3 rings (SSSR count). The van der Waals surface area contributed by atoms with Gasteiger partial charge in [0.15, 0.2) is 0 Å². The smallest absolute Gasteiger partial charge is 0.349 e. The molecule has 0 aliphatic rings. The third-order valence-corrected chi connectivity index (χ3v) is 5.95. The van der Waals surface area contributed by atoms with Crippen LogP contribution >= 0.6 is 15.9 Å². The van der Waals surface area contributed by atoms with Gasteiger partial charge in [-0.3, -0.25) is 14.6 Å². The lowest BCUT2D eigenvalue weighted by Gasteiger charge is -2.15. The number of hydrogen-bond acceptors (Lipinski definition) is 7. The maximum Gasteiger partial charge on any atom is 0.349 e. The highest BCUT2D eigenvalue weighted by Gasteiger charge is 2.17. The van der Waals surface area contributed by atoms with Crippen LogP contribution in [0.15, 0.2) is 44.4 Å². The van der Waals surface area contributed by atoms with E-state index >= 15 is 0 Å². The summed E-state index contributed by atoms with van der Waals surface area (Å²) < 4.78 is 13.0. The monoisotopic (exact) mass is 555 g/mol. The number of rotatable bonds is 10. The number of unbranched alkanes of at least 4 members (excludes halogenated alkanes) is 3. The van der Waals surface area contributed by atoms with Crippen molar-refractivity contribution in [2.45, 2.75) is 39.5 Å². The molecule has 1 aromatic heterocycles. The Balaban J connectivity index is 1.84. The van der Waals surface area contributed by atoms with Gasteiger partial charge in [-0.15, -0.1) is 0 Å². The van der Waals surface area contributed by atoms with Crippen LogP contribution in [-0.2, 0) is 0 Å². The second-order valence-corrected chi connectivity index (χ2v) is 8.91. The number of carbonyl (C=O) groups excluding carboxylic acids is 1. The van der Waals surface area contributed by atoms with Gasteiger partial charge in [0.2, 0.25) is 5.69 Å². The number of nitriles is 1. The summed E-state index contributed by atoms with van der Waals surface area (Å²) in [6.07, 6.45) is 2.64. The van der Waals surface area contributed by atoms with Crippen molar-refractivity contribution in [3.63, 3.8) is 0 Å². The van der Waals surface area contributed by atoms with Crippen molar-refractivity contribution < 1.29 is 14.3 Å². The number of benzene rings is 2. The molecule has 1 heterocycles. The largest absolute Gasteiger partial charge is 0.496 e. The number of H-pyrrole nitrogens is 1. The minimum absolute atomic E-state index is 0.330. The van der Waals surface area contributed by atoms with Crippen molar-refractivity contribution in [2.24, 2.45) is 0 Å². The van der Waals surface area contributed by atoms with Gasteiger partial charge >= 0.3 is 5.69 Å². The number of halogens is 1. The topological polar surface area (TPSA) is 139 Å². The summed E-state index contributed by atoms with van der Waals surface area (Å²) >= 11 is 3.44. The molecule has 2 aromatic carbocycles. The SMILES string of the molecule is COc1ccc(Oc2c(C)cc(-n3nc(C(=O)NCCCCCC#N)c(=O)[nH]c3=O)cc2C)cc1Br. The molecule has 36 heavy (non-hydrogen) atoms. The first-order valence-corrected chi connectivity index (χ1v) is 12.1. The van der Waals surface area contributed by atoms with E-state index in [4.69, 9.17) is 14.7 Å². The fourth-order valence-corrected chi connectivity index (χ4v) is 4.07. The fourth-order valence-electron chi connectivity index (χ4n) is 3.55. The van der Waals surface area contributed by atoms with Crippen LogP contribution in [0.1, 0.15) is 47.3 Å². The highest BCUT2D eigenvalue weighted by atomic mass is 79.9. The van der Waals surface area contributed by atoms with E-state index in [1.54, 1.807) is 37.4 Å². The van der Waals surface area contributed by atoms with Crippen LogP contribution in [0.25, 0.3) is 5.69 Å². The zero-order valence-electron chi connectivity index (χ0n) is 20.2. The van der Waals surface area contributed by atoms with Crippen molar-refractivity contribution in [1.82, 2.24) is 20.1 Å². The number of aryl methyl sites for hydroxylation is 2. The summed E-state index contributed by atoms with van der Waals surface area (Å²) in [5.41, 5.74) is -0.220. The highest BCUT2D eigenvalue weighted by molar-refractivity contribution is 9.10. The van der Waals surface area contributed by atoms with E-state index in [2.05, 4.69) is 37.4 Å². The van der Waals surface area contributed by atoms with Crippen molar-refractivity contribution in [3.8, 4) is 29.0 Å². The summed E-state index contributed by atoms with van der Waals surface area (Å²) in [7, 11) is 1.58. The fraction of sp³-hybridized carbons (Fsp3) is 0.320. The Morgan fingerprint density at radius 3 is 2.53 bits per heavy atom. The second kappa shape index (κ2) is 12.2. The minimum atomic E-state index is -0.864. The molecule has 2 N–H and O–H groups in total. The molecule has 0 radical (unpaired) electrons. The Morgan fingerprint density at radius 2 is 1.89 bits per heavy atom. The van der Waals surface area contributed by atoms with E-state index in [1.165, 1.54) is 0 Å². The zero-order chi connectivity index (χ0) is 26.2. The first-order valence-electron chi connectivity index (χ1n) is 11.3. The predicted molar refractivity (Wildman–Crippen MR) is 137 cm³/mol. The lowest BCUT2D eigenvalue weighted by Crippen LogP contribution is -2.39. The molecular formula is C25H26BrN5O5. The van der Waals surface area contributed by atoms with Gasteiger partial charge in [-0.25, -0.2) is 4.79 Å². The molecule has 188 valence electrons. The molecule has 3 aromatic rings. The van der Waals surface area contributed by atoms with E-state index in [0.29, 0.717) is 42.3 Å². The molecule has 0 saturated carbocycles. The lowest BCUT2D eigenvalue weighted by atomic mass is 10.1. The van der Waals surface area contributed by atoms with E-state index in [-0.39, 0.29) is 0 Å². The standard InChI is InChI=1S/C25H26BrN5O5/c1-15-12-17(13-16(2)22(15)36-18-8-9-20(35-3)19(26)14-18)31-25(34)29-24(33)21(30-31)23(32)28-11-7-5-4-6-10-27/h8-9,12-14H,4-7,11H2,1-3H3,(H,28,32)(H,29,33,34). The average Bonchev–Trinajstić information content (AvgIpc) is 2.83. The number of nitrogens with zero attached hydrogens (tertiary/aromatic N) is 3. The second-order valence-electron chi connectivity index (χ2n) is 8.05. The van der Waals surface area contributed by atoms with Gasteiger partial charge in [0.05, 0.1) is 23.3 Å². The summed E-state index contributed by atoms with van der Waals surface area (Å²) in [5, 5.41) is 15.2. The maximum absolute atomic E-state index is 12.5. The lowest BCUT2D eigenvalue weighted by molar-refractivity contribution is 0.0944. The molecule has 0 saturated heterocycles. The van der Waals surface area contributed by atoms with Gasteiger partial charge in [-0.2, -0.15) is 15.0 Å². The van der Waals surface area contributed by atoms with Crippen LogP contribution in [0, 0.1) is 25.2 Å². The quantitative estimate of drug-likeness (QED) is 0.361. The molecule has 11 heteroatoms. The first-order chi connectivity index (χ1) is 17.2. The van der Waals surface area contributed by atoms with Crippen LogP contribution in [0.3, 0.4) is 0 Å². The normalized spacial score (nSPS) is 10.5. The highest BCUT2D eigenvalue weighted by Crippen LogP contribution is 2.34. The van der Waals surface area contributed by atoms with Crippen LogP contribution in [0.2, 0.25) is 0 Å². The number of nitrogens with one attached hydrogen (secondary N) is 2. The number of methoxy groups -OCH3 is 1. The van der Waals surface area contributed by atoms with Crippen molar-refractivity contribution in [3.05, 3.63) is 72.5 Å². The third kappa shape index (κ3) is 6.40. The number of carbonyl (C=O) groups is 1. The van der Waals surface area contributed by atoms with Crippen LogP contribution in [0.4, 0.5) is 0 Å². The van der Waals surface area contributed by atoms with Gasteiger partial charge in [0.1, 0.15) is 17.2 Å². The van der Waals surface area contributed by atoms with Crippen molar-refractivity contribution in [2.75, 3.05) is 13.7 Å². The van der Waals surface area contributed by atoms with Crippen molar-refractivity contribution in [1.29, 1.82) is 5.26 Å². The van der Waals surface area contributed by atoms with Gasteiger partial charge in [-0.05, 0) is 84.1 Å². The van der Waals surface area contributed by atoms with E-state index in [0.717, 1.165) is 33.1 Å². The zero-order valence-corrected chi connectivity index (χ0v) is 21.8. The van der Waals surface area contributed by atoms with Crippen LogP contribution in [0.5, 0.6) is 17.2 Å². The molecule has 0 fully saturated rings. The molecule has 0 unspecified atom stereocenters. The number of hydrogen-bond donors (Lipinski definition) is 2. The minimum Gasteiger partial charge on any atom is -0.496 e. The Kier molecular flexibility index (Phi) is 9.02. The molecule has 0 spiro atoms. The number of amides is 1. The predicted octanol–water partition coefficient (Wildman–Crippen LogP) is 3.91. The Morgan fingerprint density at radius 1 is 1.17 bits per heavy atom. The maximum atomic E-state index is 12.5. The molecule has 0 bridgehead atoms. The summed E-state index contributed by atoms with van der Waals surface area (Å²) in [5.74, 6) is 1.19. The molecule has 0 aliphatic heterocycles. The summed E-state index contributed by atoms with van der Waals surface area (Å²) in [4.78, 5) is 39.4. The van der Waals surface area contributed by atoms with Gasteiger partial charge in [0.25, 0.3) is 11.5 Å². The number of ether oxygens (including phenoxy) is 2. The summed E-state index contributed by atoms with van der Waals surface area (Å²) in [6, 6.07) is 10.8. The molecule has 0 aliphatic carbocycles. The Hall–Kier alpha value is -3.91. The van der Waals surface area contributed by atoms with Gasteiger partial charge in [-0.1, -0.05) is 6.42 Å². The number of aromatic amines is 1. The Bertz CT molecular complexity index is 1400. The molecule has 10 nitrogen and oxygen atoms in total. The summed E-state index contributed by atoms with van der Waals surface area (Å²) in [6.45, 7) is 3.97. The molecule has 0 atom stereocenters. The average molecular weight is 556 g/mol. The molecule has 1 amide bonds. The van der Waals surface area contributed by atoms with E-state index < -0.39 is 22.9 Å². The van der Waals surface area contributed by atoms with Crippen LogP contribution < -0.4 is 26.0 Å². The third-order valence-electron chi connectivity index (χ3n) is 5.33. The van der Waals surface area contributed by atoms with Crippen LogP contribution in [-0.4, -0.2) is 34.3 Å². The molecular weight excluding hydrogens is 530 g/mol. The van der Waals surface area contributed by atoms with Gasteiger partial charge in [0, 0.05) is 13.0 Å². The van der Waals surface area contributed by atoms with Gasteiger partial charge < -0.3 is 14.8 Å².